The average molecular weight is 335 g/mol. The number of aromatic nitrogens is 1. The number of ether oxygens (including phenoxy) is 3. The molecule has 1 unspecified atom stereocenters. The Morgan fingerprint density at radius 2 is 2.25 bits per heavy atom. The van der Waals surface area contributed by atoms with Gasteiger partial charge in [0.15, 0.2) is 0 Å². The van der Waals surface area contributed by atoms with E-state index in [0.29, 0.717) is 13.2 Å². The molecular weight excluding hydrogens is 310 g/mol. The standard InChI is InChI=1S/C17H25N3O4/c1-11-9-24-10-14(21)20(11)8-13-7-12-5-4-6-18-16(12)19-15(13)17(22-2)23-3/h7,11,17H,4-6,8-10H2,1-3H3,(H,18,19). The molecule has 1 amide bonds. The highest BCUT2D eigenvalue weighted by atomic mass is 16.7. The minimum absolute atomic E-state index is 0.00179. The van der Waals surface area contributed by atoms with E-state index < -0.39 is 6.29 Å². The highest BCUT2D eigenvalue weighted by molar-refractivity contribution is 5.78. The summed E-state index contributed by atoms with van der Waals surface area (Å²) in [5, 5.41) is 3.33. The second kappa shape index (κ2) is 7.46. The van der Waals surface area contributed by atoms with Crippen molar-refractivity contribution >= 4 is 11.7 Å². The lowest BCUT2D eigenvalue weighted by Gasteiger charge is -2.34. The summed E-state index contributed by atoms with van der Waals surface area (Å²) in [6.45, 7) is 4.09. The first-order valence-electron chi connectivity index (χ1n) is 8.33. The number of morpholine rings is 1. The third kappa shape index (κ3) is 3.38. The Bertz CT molecular complexity index is 604. The van der Waals surface area contributed by atoms with Gasteiger partial charge in [0.2, 0.25) is 12.2 Å². The Kier molecular flexibility index (Phi) is 5.33. The van der Waals surface area contributed by atoms with Crippen LogP contribution in [-0.2, 0) is 32.0 Å². The van der Waals surface area contributed by atoms with Crippen molar-refractivity contribution in [2.24, 2.45) is 0 Å². The molecule has 0 bridgehead atoms. The number of fused-ring (bicyclic) bond motifs is 1. The van der Waals surface area contributed by atoms with Crippen LogP contribution in [0.3, 0.4) is 0 Å². The fourth-order valence-corrected chi connectivity index (χ4v) is 3.26. The molecule has 0 aliphatic carbocycles. The predicted octanol–water partition coefficient (Wildman–Crippen LogP) is 1.48. The molecule has 1 fully saturated rings. The second-order valence-corrected chi connectivity index (χ2v) is 6.26. The van der Waals surface area contributed by atoms with Crippen LogP contribution in [0.15, 0.2) is 6.07 Å². The smallest absolute Gasteiger partial charge is 0.249 e. The number of aryl methyl sites for hydroxylation is 1. The fraction of sp³-hybridized carbons (Fsp3) is 0.647. The van der Waals surface area contributed by atoms with Crippen molar-refractivity contribution in [2.45, 2.75) is 38.6 Å². The number of anilines is 1. The maximum absolute atomic E-state index is 12.2. The Hall–Kier alpha value is -1.70. The summed E-state index contributed by atoms with van der Waals surface area (Å²) >= 11 is 0. The summed E-state index contributed by atoms with van der Waals surface area (Å²) in [6, 6.07) is 2.17. The molecule has 24 heavy (non-hydrogen) atoms. The zero-order chi connectivity index (χ0) is 17.1. The van der Waals surface area contributed by atoms with Crippen molar-refractivity contribution in [3.05, 3.63) is 22.9 Å². The van der Waals surface area contributed by atoms with E-state index in [-0.39, 0.29) is 18.6 Å². The van der Waals surface area contributed by atoms with Crippen LogP contribution in [0.25, 0.3) is 0 Å². The van der Waals surface area contributed by atoms with Crippen molar-refractivity contribution in [3.63, 3.8) is 0 Å². The van der Waals surface area contributed by atoms with Gasteiger partial charge in [-0.25, -0.2) is 4.98 Å². The maximum Gasteiger partial charge on any atom is 0.249 e. The number of methoxy groups -OCH3 is 2. The number of hydrogen-bond acceptors (Lipinski definition) is 6. The molecule has 132 valence electrons. The van der Waals surface area contributed by atoms with E-state index in [1.165, 1.54) is 5.56 Å². The molecule has 0 aromatic carbocycles. The van der Waals surface area contributed by atoms with Crippen molar-refractivity contribution in [3.8, 4) is 0 Å². The lowest BCUT2D eigenvalue weighted by Crippen LogP contribution is -2.47. The van der Waals surface area contributed by atoms with E-state index in [2.05, 4.69) is 11.4 Å². The van der Waals surface area contributed by atoms with Gasteiger partial charge in [-0.2, -0.15) is 0 Å². The first-order chi connectivity index (χ1) is 11.6. The number of nitrogens with one attached hydrogen (secondary N) is 1. The molecule has 0 saturated carbocycles. The number of hydrogen-bond donors (Lipinski definition) is 1. The molecule has 2 aliphatic heterocycles. The third-order valence-corrected chi connectivity index (χ3v) is 4.56. The molecule has 1 atom stereocenters. The minimum atomic E-state index is -0.555. The number of nitrogens with zero attached hydrogens (tertiary/aromatic N) is 2. The van der Waals surface area contributed by atoms with Gasteiger partial charge in [-0.1, -0.05) is 0 Å². The number of pyridine rings is 1. The Labute approximate surface area is 142 Å². The maximum atomic E-state index is 12.2. The SMILES string of the molecule is COC(OC)c1nc2c(cc1CN1C(=O)COCC1C)CCCN2. The molecule has 0 spiro atoms. The first kappa shape index (κ1) is 17.1. The first-order valence-corrected chi connectivity index (χ1v) is 8.33. The van der Waals surface area contributed by atoms with Gasteiger partial charge in [0.1, 0.15) is 18.1 Å². The van der Waals surface area contributed by atoms with Crippen LogP contribution in [-0.4, -0.2) is 55.8 Å². The lowest BCUT2D eigenvalue weighted by molar-refractivity contribution is -0.148. The molecule has 2 aliphatic rings. The Balaban J connectivity index is 1.96. The summed E-state index contributed by atoms with van der Waals surface area (Å²) in [5.74, 6) is 0.891. The van der Waals surface area contributed by atoms with Gasteiger partial charge in [0.05, 0.1) is 12.6 Å². The van der Waals surface area contributed by atoms with Gasteiger partial charge >= 0.3 is 0 Å². The van der Waals surface area contributed by atoms with Crippen LogP contribution in [0.1, 0.15) is 36.5 Å². The average Bonchev–Trinajstić information content (AvgIpc) is 2.59. The van der Waals surface area contributed by atoms with Gasteiger partial charge in [-0.3, -0.25) is 4.79 Å². The van der Waals surface area contributed by atoms with E-state index in [0.717, 1.165) is 36.5 Å². The van der Waals surface area contributed by atoms with E-state index in [9.17, 15) is 4.79 Å². The van der Waals surface area contributed by atoms with E-state index in [4.69, 9.17) is 19.2 Å². The summed E-state index contributed by atoms with van der Waals surface area (Å²) in [4.78, 5) is 18.8. The van der Waals surface area contributed by atoms with Crippen LogP contribution in [0.5, 0.6) is 0 Å². The fourth-order valence-electron chi connectivity index (χ4n) is 3.26. The third-order valence-electron chi connectivity index (χ3n) is 4.56. The largest absolute Gasteiger partial charge is 0.370 e. The summed E-state index contributed by atoms with van der Waals surface area (Å²) < 4.78 is 16.1. The predicted molar refractivity (Wildman–Crippen MR) is 88.6 cm³/mol. The molecule has 7 nitrogen and oxygen atoms in total. The monoisotopic (exact) mass is 335 g/mol. The van der Waals surface area contributed by atoms with Gasteiger partial charge in [-0.05, 0) is 37.0 Å². The van der Waals surface area contributed by atoms with Crippen molar-refractivity contribution < 1.29 is 19.0 Å². The molecule has 1 aromatic heterocycles. The summed E-state index contributed by atoms with van der Waals surface area (Å²) in [5.41, 5.74) is 2.87. The van der Waals surface area contributed by atoms with Crippen molar-refractivity contribution in [1.82, 2.24) is 9.88 Å². The number of carbonyl (C=O) groups is 1. The molecule has 1 aromatic rings. The van der Waals surface area contributed by atoms with Crippen LogP contribution < -0.4 is 5.32 Å². The van der Waals surface area contributed by atoms with Gasteiger partial charge in [0, 0.05) is 27.3 Å². The zero-order valence-electron chi connectivity index (χ0n) is 14.5. The van der Waals surface area contributed by atoms with E-state index >= 15 is 0 Å². The highest BCUT2D eigenvalue weighted by Gasteiger charge is 2.28. The summed E-state index contributed by atoms with van der Waals surface area (Å²) in [7, 11) is 3.18. The Morgan fingerprint density at radius 1 is 1.46 bits per heavy atom. The summed E-state index contributed by atoms with van der Waals surface area (Å²) in [6.07, 6.45) is 1.51. The van der Waals surface area contributed by atoms with Gasteiger partial charge in [-0.15, -0.1) is 0 Å². The Morgan fingerprint density at radius 3 is 2.96 bits per heavy atom. The topological polar surface area (TPSA) is 72.9 Å². The molecule has 7 heteroatoms. The van der Waals surface area contributed by atoms with E-state index in [1.54, 1.807) is 14.2 Å². The van der Waals surface area contributed by atoms with Crippen LogP contribution >= 0.6 is 0 Å². The second-order valence-electron chi connectivity index (χ2n) is 6.26. The molecule has 0 radical (unpaired) electrons. The minimum Gasteiger partial charge on any atom is -0.370 e. The normalized spacial score (nSPS) is 20.9. The number of amides is 1. The quantitative estimate of drug-likeness (QED) is 0.822. The van der Waals surface area contributed by atoms with E-state index in [1.807, 2.05) is 11.8 Å². The molecular formula is C17H25N3O4. The zero-order valence-corrected chi connectivity index (χ0v) is 14.5. The van der Waals surface area contributed by atoms with Gasteiger partial charge in [0.25, 0.3) is 0 Å². The molecule has 1 N–H and O–H groups in total. The highest BCUT2D eigenvalue weighted by Crippen LogP contribution is 2.29. The van der Waals surface area contributed by atoms with Gasteiger partial charge < -0.3 is 24.4 Å². The molecule has 3 heterocycles. The number of rotatable bonds is 5. The van der Waals surface area contributed by atoms with Crippen LogP contribution in [0, 0.1) is 0 Å². The number of carbonyl (C=O) groups excluding carboxylic acids is 1. The molecule has 3 rings (SSSR count). The van der Waals surface area contributed by atoms with Crippen molar-refractivity contribution in [2.75, 3.05) is 39.3 Å². The lowest BCUT2D eigenvalue weighted by atomic mass is 10.0. The van der Waals surface area contributed by atoms with Crippen molar-refractivity contribution in [1.29, 1.82) is 0 Å². The van der Waals surface area contributed by atoms with Crippen LogP contribution in [0.2, 0.25) is 0 Å². The van der Waals surface area contributed by atoms with Crippen LogP contribution in [0.4, 0.5) is 5.82 Å². The molecule has 1 saturated heterocycles.